The van der Waals surface area contributed by atoms with Crippen molar-refractivity contribution in [1.29, 1.82) is 0 Å². The van der Waals surface area contributed by atoms with Crippen molar-refractivity contribution in [2.24, 2.45) is 5.92 Å². The summed E-state index contributed by atoms with van der Waals surface area (Å²) in [6.45, 7) is 3.03. The molecule has 1 atom stereocenters. The van der Waals surface area contributed by atoms with Crippen LogP contribution in [0.1, 0.15) is 19.8 Å². The van der Waals surface area contributed by atoms with Crippen molar-refractivity contribution in [2.45, 2.75) is 31.2 Å². The first-order valence-electron chi connectivity index (χ1n) is 7.71. The van der Waals surface area contributed by atoms with Gasteiger partial charge < -0.3 is 9.52 Å². The van der Waals surface area contributed by atoms with Gasteiger partial charge in [-0.15, -0.1) is 0 Å². The van der Waals surface area contributed by atoms with Gasteiger partial charge in [0.15, 0.2) is 5.58 Å². The van der Waals surface area contributed by atoms with Crippen LogP contribution in [0.25, 0.3) is 11.1 Å². The first-order chi connectivity index (χ1) is 11.0. The average molecular weight is 340 g/mol. The second kappa shape index (κ2) is 6.10. The molecular weight excluding hydrogens is 320 g/mol. The summed E-state index contributed by atoms with van der Waals surface area (Å²) < 4.78 is 33.5. The minimum Gasteiger partial charge on any atom is -0.408 e. The van der Waals surface area contributed by atoms with Gasteiger partial charge in [0.05, 0.1) is 10.4 Å². The molecule has 3 rings (SSSR count). The Morgan fingerprint density at radius 3 is 2.87 bits per heavy atom. The van der Waals surface area contributed by atoms with Crippen LogP contribution in [0.5, 0.6) is 0 Å². The van der Waals surface area contributed by atoms with Gasteiger partial charge in [-0.3, -0.25) is 4.57 Å². The highest BCUT2D eigenvalue weighted by atomic mass is 32.2. The molecule has 126 valence electrons. The fourth-order valence-electron chi connectivity index (χ4n) is 3.05. The van der Waals surface area contributed by atoms with Crippen molar-refractivity contribution in [2.75, 3.05) is 19.7 Å². The second-order valence-corrected chi connectivity index (χ2v) is 7.73. The Balaban J connectivity index is 2.00. The SMILES string of the molecule is CCn1c(=O)oc2cc(S(=O)(=O)N3CCCC(CO)C3)ccc21. The molecule has 2 aromatic rings. The summed E-state index contributed by atoms with van der Waals surface area (Å²) in [5.41, 5.74) is 0.858. The molecule has 1 aliphatic rings. The van der Waals surface area contributed by atoms with E-state index >= 15 is 0 Å². The smallest absolute Gasteiger partial charge is 0.408 e. The Morgan fingerprint density at radius 1 is 1.39 bits per heavy atom. The predicted octanol–water partition coefficient (Wildman–Crippen LogP) is 1.01. The van der Waals surface area contributed by atoms with E-state index in [9.17, 15) is 18.3 Å². The van der Waals surface area contributed by atoms with E-state index in [-0.39, 0.29) is 23.0 Å². The molecule has 1 saturated heterocycles. The highest BCUT2D eigenvalue weighted by molar-refractivity contribution is 7.89. The van der Waals surface area contributed by atoms with E-state index in [1.807, 2.05) is 6.92 Å². The maximum Gasteiger partial charge on any atom is 0.419 e. The maximum atomic E-state index is 12.8. The summed E-state index contributed by atoms with van der Waals surface area (Å²) in [6.07, 6.45) is 1.56. The number of aromatic nitrogens is 1. The number of sulfonamides is 1. The zero-order valence-corrected chi connectivity index (χ0v) is 13.8. The summed E-state index contributed by atoms with van der Waals surface area (Å²) in [7, 11) is -3.66. The lowest BCUT2D eigenvalue weighted by Gasteiger charge is -2.30. The van der Waals surface area contributed by atoms with Gasteiger partial charge in [-0.05, 0) is 37.8 Å². The first kappa shape index (κ1) is 16.2. The van der Waals surface area contributed by atoms with Crippen LogP contribution < -0.4 is 5.76 Å². The maximum absolute atomic E-state index is 12.8. The molecule has 23 heavy (non-hydrogen) atoms. The average Bonchev–Trinajstić information content (AvgIpc) is 2.88. The first-order valence-corrected chi connectivity index (χ1v) is 9.15. The van der Waals surface area contributed by atoms with Gasteiger partial charge in [-0.25, -0.2) is 13.2 Å². The number of aryl methyl sites for hydroxylation is 1. The molecule has 0 radical (unpaired) electrons. The van der Waals surface area contributed by atoms with Crippen molar-refractivity contribution in [3.63, 3.8) is 0 Å². The van der Waals surface area contributed by atoms with Crippen LogP contribution in [0.2, 0.25) is 0 Å². The molecular formula is C15H20N2O5S. The fourth-order valence-corrected chi connectivity index (χ4v) is 4.62. The molecule has 2 heterocycles. The molecule has 0 aliphatic carbocycles. The Labute approximate surface area is 134 Å². The van der Waals surface area contributed by atoms with Crippen LogP contribution in [-0.2, 0) is 16.6 Å². The minimum absolute atomic E-state index is 0.0146. The van der Waals surface area contributed by atoms with Crippen molar-refractivity contribution >= 4 is 21.1 Å². The summed E-state index contributed by atoms with van der Waals surface area (Å²) in [4.78, 5) is 11.8. The van der Waals surface area contributed by atoms with Crippen LogP contribution in [0.4, 0.5) is 0 Å². The third-order valence-electron chi connectivity index (χ3n) is 4.33. The van der Waals surface area contributed by atoms with Gasteiger partial charge >= 0.3 is 5.76 Å². The third-order valence-corrected chi connectivity index (χ3v) is 6.19. The number of aliphatic hydroxyl groups excluding tert-OH is 1. The number of fused-ring (bicyclic) bond motifs is 1. The Kier molecular flexibility index (Phi) is 4.31. The molecule has 1 aliphatic heterocycles. The molecule has 1 aromatic carbocycles. The van der Waals surface area contributed by atoms with Crippen LogP contribution in [0.15, 0.2) is 32.3 Å². The third kappa shape index (κ3) is 2.82. The molecule has 8 heteroatoms. The second-order valence-electron chi connectivity index (χ2n) is 5.80. The van der Waals surface area contributed by atoms with Gasteiger partial charge in [0.2, 0.25) is 10.0 Å². The lowest BCUT2D eigenvalue weighted by atomic mass is 10.0. The number of hydrogen-bond donors (Lipinski definition) is 1. The standard InChI is InChI=1S/C15H20N2O5S/c1-2-17-13-6-5-12(8-14(13)22-15(17)19)23(20,21)16-7-3-4-11(9-16)10-18/h5-6,8,11,18H,2-4,7,9-10H2,1H3. The zero-order chi connectivity index (χ0) is 16.6. The Bertz CT molecular complexity index is 868. The van der Waals surface area contributed by atoms with E-state index in [2.05, 4.69) is 0 Å². The molecule has 7 nitrogen and oxygen atoms in total. The number of oxazole rings is 1. The van der Waals surface area contributed by atoms with E-state index in [0.717, 1.165) is 12.8 Å². The summed E-state index contributed by atoms with van der Waals surface area (Å²) in [5, 5.41) is 9.27. The normalized spacial score (nSPS) is 20.2. The summed E-state index contributed by atoms with van der Waals surface area (Å²) >= 11 is 0. The number of nitrogens with zero attached hydrogens (tertiary/aromatic N) is 2. The Hall–Kier alpha value is -1.64. The van der Waals surface area contributed by atoms with E-state index in [1.165, 1.54) is 21.0 Å². The zero-order valence-electron chi connectivity index (χ0n) is 12.9. The topological polar surface area (TPSA) is 92.8 Å². The van der Waals surface area contributed by atoms with Gasteiger partial charge in [-0.1, -0.05) is 0 Å². The number of aliphatic hydroxyl groups is 1. The molecule has 0 bridgehead atoms. The molecule has 1 aromatic heterocycles. The van der Waals surface area contributed by atoms with E-state index in [4.69, 9.17) is 4.42 Å². The van der Waals surface area contributed by atoms with Crippen molar-refractivity contribution in [3.8, 4) is 0 Å². The van der Waals surface area contributed by atoms with Crippen LogP contribution in [0, 0.1) is 5.92 Å². The van der Waals surface area contributed by atoms with Gasteiger partial charge in [0, 0.05) is 32.3 Å². The molecule has 0 spiro atoms. The fraction of sp³-hybridized carbons (Fsp3) is 0.533. The van der Waals surface area contributed by atoms with Crippen LogP contribution in [0.3, 0.4) is 0 Å². The number of benzene rings is 1. The summed E-state index contributed by atoms with van der Waals surface area (Å²) in [6, 6.07) is 4.51. The van der Waals surface area contributed by atoms with E-state index in [1.54, 1.807) is 6.07 Å². The van der Waals surface area contributed by atoms with Gasteiger partial charge in [0.1, 0.15) is 0 Å². The van der Waals surface area contributed by atoms with E-state index < -0.39 is 15.8 Å². The number of rotatable bonds is 4. The predicted molar refractivity (Wildman–Crippen MR) is 84.7 cm³/mol. The van der Waals surface area contributed by atoms with Crippen LogP contribution in [-0.4, -0.2) is 42.1 Å². The lowest BCUT2D eigenvalue weighted by Crippen LogP contribution is -2.40. The molecule has 0 saturated carbocycles. The largest absolute Gasteiger partial charge is 0.419 e. The quantitative estimate of drug-likeness (QED) is 0.896. The molecule has 0 amide bonds. The monoisotopic (exact) mass is 340 g/mol. The van der Waals surface area contributed by atoms with E-state index in [0.29, 0.717) is 25.2 Å². The lowest BCUT2D eigenvalue weighted by molar-refractivity contribution is 0.165. The molecule has 1 fully saturated rings. The summed E-state index contributed by atoms with van der Waals surface area (Å²) in [5.74, 6) is -0.517. The van der Waals surface area contributed by atoms with Crippen molar-refractivity contribution in [3.05, 3.63) is 28.7 Å². The number of hydrogen-bond acceptors (Lipinski definition) is 5. The highest BCUT2D eigenvalue weighted by Crippen LogP contribution is 2.25. The van der Waals surface area contributed by atoms with Crippen molar-refractivity contribution < 1.29 is 17.9 Å². The van der Waals surface area contributed by atoms with Crippen LogP contribution >= 0.6 is 0 Å². The highest BCUT2D eigenvalue weighted by Gasteiger charge is 2.30. The Morgan fingerprint density at radius 2 is 2.17 bits per heavy atom. The van der Waals surface area contributed by atoms with Gasteiger partial charge in [-0.2, -0.15) is 4.31 Å². The van der Waals surface area contributed by atoms with Gasteiger partial charge in [0.25, 0.3) is 0 Å². The molecule has 1 N–H and O–H groups in total. The van der Waals surface area contributed by atoms with Crippen molar-refractivity contribution in [1.82, 2.24) is 8.87 Å². The molecule has 1 unspecified atom stereocenters. The number of piperidine rings is 1. The minimum atomic E-state index is -3.66.